The lowest BCUT2D eigenvalue weighted by molar-refractivity contribution is 0.174. The fourth-order valence-corrected chi connectivity index (χ4v) is 4.54. The van der Waals surface area contributed by atoms with Gasteiger partial charge in [0.15, 0.2) is 23.0 Å². The Hall–Kier alpha value is -3.58. The Labute approximate surface area is 193 Å². The van der Waals surface area contributed by atoms with Crippen molar-refractivity contribution < 1.29 is 24.4 Å². The Bertz CT molecular complexity index is 1110. The van der Waals surface area contributed by atoms with E-state index in [1.807, 2.05) is 36.4 Å². The number of methoxy groups -OCH3 is 3. The minimum atomic E-state index is -0.113. The van der Waals surface area contributed by atoms with Crippen molar-refractivity contribution in [2.75, 3.05) is 33.6 Å². The predicted octanol–water partition coefficient (Wildman–Crippen LogP) is 4.05. The van der Waals surface area contributed by atoms with Gasteiger partial charge in [-0.2, -0.15) is 0 Å². The lowest BCUT2D eigenvalue weighted by Crippen LogP contribution is -2.36. The highest BCUT2D eigenvalue weighted by molar-refractivity contribution is 5.55. The lowest BCUT2D eigenvalue weighted by Gasteiger charge is -2.38. The molecule has 33 heavy (non-hydrogen) atoms. The van der Waals surface area contributed by atoms with Crippen LogP contribution in [0.1, 0.15) is 28.3 Å². The van der Waals surface area contributed by atoms with Gasteiger partial charge in [-0.1, -0.05) is 12.1 Å². The van der Waals surface area contributed by atoms with Gasteiger partial charge in [0.05, 0.1) is 21.3 Å². The largest absolute Gasteiger partial charge is 0.504 e. The van der Waals surface area contributed by atoms with Crippen LogP contribution < -0.4 is 19.9 Å². The Morgan fingerprint density at radius 1 is 0.879 bits per heavy atom. The molecule has 1 heterocycles. The number of hydrogen-bond acceptors (Lipinski definition) is 7. The Morgan fingerprint density at radius 2 is 1.52 bits per heavy atom. The normalized spacial score (nSPS) is 15.7. The SMILES string of the molecule is COc1cc(CC2c3cc(O)c(O)cc3CCN2Cc2ccc(N)cc2)cc(OC)c1OC. The first-order chi connectivity index (χ1) is 15.9. The third kappa shape index (κ3) is 4.64. The fraction of sp³-hybridized carbons (Fsp3) is 0.308. The molecule has 1 unspecified atom stereocenters. The summed E-state index contributed by atoms with van der Waals surface area (Å²) in [6.45, 7) is 1.55. The molecule has 3 aromatic rings. The van der Waals surface area contributed by atoms with Crippen LogP contribution in [0.5, 0.6) is 28.7 Å². The van der Waals surface area contributed by atoms with Crippen LogP contribution in [0.15, 0.2) is 48.5 Å². The first kappa shape index (κ1) is 22.6. The van der Waals surface area contributed by atoms with E-state index >= 15 is 0 Å². The molecule has 0 aromatic heterocycles. The molecule has 1 aliphatic rings. The van der Waals surface area contributed by atoms with Crippen LogP contribution in [0.2, 0.25) is 0 Å². The van der Waals surface area contributed by atoms with Gasteiger partial charge in [-0.05, 0) is 71.5 Å². The number of anilines is 1. The molecular weight excluding hydrogens is 420 g/mol. The third-order valence-corrected chi connectivity index (χ3v) is 6.22. The van der Waals surface area contributed by atoms with E-state index in [0.717, 1.165) is 47.5 Å². The van der Waals surface area contributed by atoms with E-state index in [2.05, 4.69) is 4.90 Å². The van der Waals surface area contributed by atoms with Crippen LogP contribution in [0.3, 0.4) is 0 Å². The van der Waals surface area contributed by atoms with Gasteiger partial charge in [0, 0.05) is 24.8 Å². The summed E-state index contributed by atoms with van der Waals surface area (Å²) < 4.78 is 16.6. The van der Waals surface area contributed by atoms with Crippen molar-refractivity contribution in [1.82, 2.24) is 4.90 Å². The standard InChI is InChI=1S/C26H30N2O5/c1-31-24-11-17(12-25(32-2)26(24)33-3)10-21-20-14-23(30)22(29)13-18(20)8-9-28(21)15-16-4-6-19(27)7-5-16/h4-7,11-14,21,29-30H,8-10,15,27H2,1-3H3. The van der Waals surface area contributed by atoms with E-state index in [4.69, 9.17) is 19.9 Å². The van der Waals surface area contributed by atoms with Crippen molar-refractivity contribution in [3.05, 3.63) is 70.8 Å². The second-order valence-electron chi connectivity index (χ2n) is 8.26. The highest BCUT2D eigenvalue weighted by Gasteiger charge is 2.29. The van der Waals surface area contributed by atoms with E-state index < -0.39 is 0 Å². The molecule has 0 spiro atoms. The van der Waals surface area contributed by atoms with Gasteiger partial charge in [0.1, 0.15) is 0 Å². The van der Waals surface area contributed by atoms with Gasteiger partial charge in [-0.25, -0.2) is 0 Å². The molecule has 0 aliphatic carbocycles. The van der Waals surface area contributed by atoms with Crippen LogP contribution >= 0.6 is 0 Å². The molecular formula is C26H30N2O5. The minimum absolute atomic E-state index is 0.0272. The van der Waals surface area contributed by atoms with E-state index in [-0.39, 0.29) is 17.5 Å². The molecule has 7 heteroatoms. The molecule has 3 aromatic carbocycles. The monoisotopic (exact) mass is 450 g/mol. The number of nitrogens with zero attached hydrogens (tertiary/aromatic N) is 1. The molecule has 1 atom stereocenters. The smallest absolute Gasteiger partial charge is 0.203 e. The van der Waals surface area contributed by atoms with Crippen molar-refractivity contribution in [3.63, 3.8) is 0 Å². The summed E-state index contributed by atoms with van der Waals surface area (Å²) >= 11 is 0. The first-order valence-electron chi connectivity index (χ1n) is 10.9. The van der Waals surface area contributed by atoms with Crippen LogP contribution in [0.4, 0.5) is 5.69 Å². The number of aromatic hydroxyl groups is 2. The summed E-state index contributed by atoms with van der Waals surface area (Å²) in [4.78, 5) is 2.38. The van der Waals surface area contributed by atoms with Gasteiger partial charge >= 0.3 is 0 Å². The Kier molecular flexibility index (Phi) is 6.51. The molecule has 0 radical (unpaired) electrons. The van der Waals surface area contributed by atoms with Crippen molar-refractivity contribution in [3.8, 4) is 28.7 Å². The summed E-state index contributed by atoms with van der Waals surface area (Å²) in [7, 11) is 4.79. The summed E-state index contributed by atoms with van der Waals surface area (Å²) in [6, 6.07) is 15.1. The quantitative estimate of drug-likeness (QED) is 0.369. The molecule has 0 saturated heterocycles. The maximum atomic E-state index is 10.3. The number of ether oxygens (including phenoxy) is 3. The summed E-state index contributed by atoms with van der Waals surface area (Å²) in [5.41, 5.74) is 10.8. The number of phenolic OH excluding ortho intramolecular Hbond substituents is 2. The molecule has 0 saturated carbocycles. The average molecular weight is 451 g/mol. The second-order valence-corrected chi connectivity index (χ2v) is 8.26. The zero-order valence-corrected chi connectivity index (χ0v) is 19.2. The average Bonchev–Trinajstić information content (AvgIpc) is 2.82. The Morgan fingerprint density at radius 3 is 2.12 bits per heavy atom. The van der Waals surface area contributed by atoms with Gasteiger partial charge in [0.2, 0.25) is 5.75 Å². The van der Waals surface area contributed by atoms with Gasteiger partial charge < -0.3 is 30.2 Å². The van der Waals surface area contributed by atoms with E-state index in [9.17, 15) is 10.2 Å². The first-order valence-corrected chi connectivity index (χ1v) is 10.9. The summed E-state index contributed by atoms with van der Waals surface area (Å²) in [5, 5.41) is 20.3. The highest BCUT2D eigenvalue weighted by Crippen LogP contribution is 2.42. The maximum Gasteiger partial charge on any atom is 0.203 e. The van der Waals surface area contributed by atoms with Crippen molar-refractivity contribution in [2.45, 2.75) is 25.4 Å². The molecule has 0 bridgehead atoms. The van der Waals surface area contributed by atoms with E-state index in [0.29, 0.717) is 23.7 Å². The molecule has 0 amide bonds. The highest BCUT2D eigenvalue weighted by atomic mass is 16.5. The lowest BCUT2D eigenvalue weighted by atomic mass is 9.87. The number of benzene rings is 3. The number of hydrogen-bond donors (Lipinski definition) is 3. The fourth-order valence-electron chi connectivity index (χ4n) is 4.54. The third-order valence-electron chi connectivity index (χ3n) is 6.22. The van der Waals surface area contributed by atoms with E-state index in [1.54, 1.807) is 33.5 Å². The molecule has 0 fully saturated rings. The topological polar surface area (TPSA) is 97.4 Å². The van der Waals surface area contributed by atoms with Crippen LogP contribution in [-0.4, -0.2) is 43.0 Å². The molecule has 4 N–H and O–H groups in total. The van der Waals surface area contributed by atoms with Gasteiger partial charge in [-0.15, -0.1) is 0 Å². The van der Waals surface area contributed by atoms with Crippen molar-refractivity contribution in [1.29, 1.82) is 0 Å². The second kappa shape index (κ2) is 9.50. The molecule has 174 valence electrons. The van der Waals surface area contributed by atoms with Crippen molar-refractivity contribution in [2.24, 2.45) is 0 Å². The van der Waals surface area contributed by atoms with Crippen LogP contribution in [0.25, 0.3) is 0 Å². The van der Waals surface area contributed by atoms with Gasteiger partial charge in [-0.3, -0.25) is 4.90 Å². The molecule has 4 rings (SSSR count). The van der Waals surface area contributed by atoms with Crippen LogP contribution in [0, 0.1) is 0 Å². The van der Waals surface area contributed by atoms with Crippen LogP contribution in [-0.2, 0) is 19.4 Å². The number of nitrogens with two attached hydrogens (primary N) is 1. The summed E-state index contributed by atoms with van der Waals surface area (Å²) in [5.74, 6) is 1.54. The zero-order valence-electron chi connectivity index (χ0n) is 19.2. The number of rotatable bonds is 7. The molecule has 1 aliphatic heterocycles. The molecule has 7 nitrogen and oxygen atoms in total. The minimum Gasteiger partial charge on any atom is -0.504 e. The summed E-state index contributed by atoms with van der Waals surface area (Å²) in [6.07, 6.45) is 1.44. The maximum absolute atomic E-state index is 10.3. The van der Waals surface area contributed by atoms with E-state index in [1.165, 1.54) is 0 Å². The zero-order chi connectivity index (χ0) is 23.5. The number of fused-ring (bicyclic) bond motifs is 1. The Balaban J connectivity index is 1.74. The number of phenols is 2. The number of nitrogen functional groups attached to an aromatic ring is 1. The predicted molar refractivity (Wildman–Crippen MR) is 127 cm³/mol. The van der Waals surface area contributed by atoms with Gasteiger partial charge in [0.25, 0.3) is 0 Å². The van der Waals surface area contributed by atoms with Crippen molar-refractivity contribution >= 4 is 5.69 Å².